The molecule has 1 atom stereocenters. The average molecular weight is 433 g/mol. The Kier molecular flexibility index (Phi) is 5.09. The maximum atomic E-state index is 2.52. The summed E-state index contributed by atoms with van der Waals surface area (Å²) in [5, 5.41) is 2.75. The lowest BCUT2D eigenvalue weighted by atomic mass is 9.63. The van der Waals surface area contributed by atoms with Gasteiger partial charge in [0.1, 0.15) is 7.05 Å². The minimum atomic E-state index is 0.766. The van der Waals surface area contributed by atoms with Gasteiger partial charge in [0.15, 0.2) is 5.69 Å². The van der Waals surface area contributed by atoms with Gasteiger partial charge < -0.3 is 0 Å². The Hall–Kier alpha value is -2.93. The zero-order chi connectivity index (χ0) is 22.5. The third-order valence-electron chi connectivity index (χ3n) is 8.64. The molecule has 1 unspecified atom stereocenters. The van der Waals surface area contributed by atoms with Crippen molar-refractivity contribution in [1.82, 2.24) is 0 Å². The van der Waals surface area contributed by atoms with Gasteiger partial charge in [-0.3, -0.25) is 0 Å². The van der Waals surface area contributed by atoms with Crippen molar-refractivity contribution in [3.63, 3.8) is 0 Å². The van der Waals surface area contributed by atoms with Gasteiger partial charge in [0, 0.05) is 13.0 Å². The molecule has 3 fully saturated rings. The van der Waals surface area contributed by atoms with Gasteiger partial charge in [0.05, 0.1) is 10.9 Å². The van der Waals surface area contributed by atoms with Gasteiger partial charge in [0.2, 0.25) is 5.69 Å². The fourth-order valence-corrected chi connectivity index (χ4v) is 6.62. The summed E-state index contributed by atoms with van der Waals surface area (Å²) in [4.78, 5) is 0. The molecular formula is C32H34N+. The normalized spacial score (nSPS) is 22.1. The van der Waals surface area contributed by atoms with Crippen LogP contribution in [0.15, 0.2) is 72.8 Å². The lowest BCUT2D eigenvalue weighted by Crippen LogP contribution is -2.35. The number of hydrogen-bond acceptors (Lipinski definition) is 0. The second-order valence-electron chi connectivity index (χ2n) is 10.6. The summed E-state index contributed by atoms with van der Waals surface area (Å²) in [6.07, 6.45) is 7.20. The van der Waals surface area contributed by atoms with E-state index in [1.54, 1.807) is 5.56 Å². The van der Waals surface area contributed by atoms with Gasteiger partial charge in [0.25, 0.3) is 0 Å². The van der Waals surface area contributed by atoms with Crippen LogP contribution in [0.4, 0.5) is 0 Å². The van der Waals surface area contributed by atoms with Crippen molar-refractivity contribution < 1.29 is 4.57 Å². The van der Waals surface area contributed by atoms with Crippen molar-refractivity contribution in [1.29, 1.82) is 0 Å². The molecule has 1 heterocycles. The summed E-state index contributed by atoms with van der Waals surface area (Å²) >= 11 is 0. The smallest absolute Gasteiger partial charge is 0.198 e. The minimum Gasteiger partial charge on any atom is -0.198 e. The molecule has 1 nitrogen and oxygen atoms in total. The molecule has 0 spiro atoms. The summed E-state index contributed by atoms with van der Waals surface area (Å²) in [6.45, 7) is 4.49. The lowest BCUT2D eigenvalue weighted by molar-refractivity contribution is -0.665. The first kappa shape index (κ1) is 20.7. The number of aromatic nitrogens is 1. The number of rotatable bonds is 3. The van der Waals surface area contributed by atoms with Crippen LogP contribution >= 0.6 is 0 Å². The molecule has 0 radical (unpaired) electrons. The number of benzene rings is 3. The SMILES string of the molecule is Cc1ccc(-c2ccccc2)cc1-c1c2ccc(C3CC4CCC3CC4)cc2cc(C)[n+]1C. The van der Waals surface area contributed by atoms with Crippen LogP contribution in [-0.4, -0.2) is 0 Å². The van der Waals surface area contributed by atoms with Gasteiger partial charge in [-0.15, -0.1) is 0 Å². The van der Waals surface area contributed by atoms with E-state index in [0.717, 1.165) is 17.8 Å². The van der Waals surface area contributed by atoms with Crippen LogP contribution in [0.3, 0.4) is 0 Å². The van der Waals surface area contributed by atoms with Crippen molar-refractivity contribution in [3.8, 4) is 22.4 Å². The number of hydrogen-bond donors (Lipinski definition) is 0. The lowest BCUT2D eigenvalue weighted by Gasteiger charge is -2.42. The Labute approximate surface area is 198 Å². The van der Waals surface area contributed by atoms with Crippen molar-refractivity contribution in [3.05, 3.63) is 89.6 Å². The maximum Gasteiger partial charge on any atom is 0.220 e. The van der Waals surface area contributed by atoms with E-state index in [2.05, 4.69) is 98.3 Å². The molecule has 3 aromatic carbocycles. The highest BCUT2D eigenvalue weighted by atomic mass is 14.9. The molecule has 3 saturated carbocycles. The Morgan fingerprint density at radius 2 is 1.55 bits per heavy atom. The van der Waals surface area contributed by atoms with E-state index in [1.165, 1.54) is 76.5 Å². The number of pyridine rings is 1. The molecule has 0 aliphatic heterocycles. The van der Waals surface area contributed by atoms with Crippen LogP contribution in [0.25, 0.3) is 33.2 Å². The van der Waals surface area contributed by atoms with Gasteiger partial charge >= 0.3 is 0 Å². The van der Waals surface area contributed by atoms with Crippen LogP contribution in [-0.2, 0) is 7.05 Å². The first-order valence-electron chi connectivity index (χ1n) is 12.7. The van der Waals surface area contributed by atoms with Crippen LogP contribution in [0.2, 0.25) is 0 Å². The Morgan fingerprint density at radius 1 is 0.758 bits per heavy atom. The first-order valence-corrected chi connectivity index (χ1v) is 12.7. The third kappa shape index (κ3) is 3.59. The summed E-state index contributed by atoms with van der Waals surface area (Å²) in [5.41, 5.74) is 9.42. The van der Waals surface area contributed by atoms with E-state index in [1.807, 2.05) is 0 Å². The van der Waals surface area contributed by atoms with Crippen LogP contribution < -0.4 is 4.57 Å². The molecule has 1 aromatic heterocycles. The second kappa shape index (κ2) is 8.13. The van der Waals surface area contributed by atoms with Crippen LogP contribution in [0.1, 0.15) is 54.8 Å². The highest BCUT2D eigenvalue weighted by Crippen LogP contribution is 2.50. The first-order chi connectivity index (χ1) is 16.1. The molecule has 3 aliphatic rings. The van der Waals surface area contributed by atoms with E-state index < -0.39 is 0 Å². The summed E-state index contributed by atoms with van der Waals surface area (Å²) in [7, 11) is 2.22. The molecule has 0 N–H and O–H groups in total. The molecule has 3 aliphatic carbocycles. The van der Waals surface area contributed by atoms with E-state index in [4.69, 9.17) is 0 Å². The van der Waals surface area contributed by atoms with Crippen molar-refractivity contribution >= 4 is 10.8 Å². The quantitative estimate of drug-likeness (QED) is 0.290. The predicted molar refractivity (Wildman–Crippen MR) is 138 cm³/mol. The number of aryl methyl sites for hydroxylation is 2. The Bertz CT molecular complexity index is 1330. The molecule has 166 valence electrons. The summed E-state index contributed by atoms with van der Waals surface area (Å²) < 4.78 is 2.38. The minimum absolute atomic E-state index is 0.766. The molecule has 0 amide bonds. The average Bonchev–Trinajstić information content (AvgIpc) is 2.86. The zero-order valence-electron chi connectivity index (χ0n) is 20.1. The third-order valence-corrected chi connectivity index (χ3v) is 8.64. The standard InChI is InChI=1S/C32H34N/c1-21-9-12-26(24-7-5-4-6-8-24)20-30(21)32-29-16-15-27(19-28(29)17-22(2)33(32)3)31-18-23-10-13-25(31)14-11-23/h4-9,12,15-17,19-20,23,25,31H,10-11,13-14,18H2,1-3H3/q+1. The molecule has 33 heavy (non-hydrogen) atoms. The van der Waals surface area contributed by atoms with Crippen molar-refractivity contribution in [2.24, 2.45) is 18.9 Å². The van der Waals surface area contributed by atoms with E-state index in [0.29, 0.717) is 0 Å². The topological polar surface area (TPSA) is 3.88 Å². The second-order valence-corrected chi connectivity index (χ2v) is 10.6. The van der Waals surface area contributed by atoms with Gasteiger partial charge in [-0.05, 0) is 83.7 Å². The van der Waals surface area contributed by atoms with E-state index >= 15 is 0 Å². The van der Waals surface area contributed by atoms with E-state index in [-0.39, 0.29) is 0 Å². The molecule has 0 saturated heterocycles. The highest BCUT2D eigenvalue weighted by molar-refractivity contribution is 5.95. The fraction of sp³-hybridized carbons (Fsp3) is 0.344. The maximum absolute atomic E-state index is 2.52. The predicted octanol–water partition coefficient (Wildman–Crippen LogP) is 7.91. The number of nitrogens with zero attached hydrogens (tertiary/aromatic N) is 1. The van der Waals surface area contributed by atoms with E-state index in [9.17, 15) is 0 Å². The molecular weight excluding hydrogens is 398 g/mol. The van der Waals surface area contributed by atoms with Crippen LogP contribution in [0.5, 0.6) is 0 Å². The Balaban J connectivity index is 1.50. The van der Waals surface area contributed by atoms with Crippen LogP contribution in [0, 0.1) is 25.7 Å². The molecule has 7 rings (SSSR count). The number of fused-ring (bicyclic) bond motifs is 4. The largest absolute Gasteiger partial charge is 0.220 e. The highest BCUT2D eigenvalue weighted by Gasteiger charge is 2.36. The van der Waals surface area contributed by atoms with Crippen molar-refractivity contribution in [2.75, 3.05) is 0 Å². The zero-order valence-corrected chi connectivity index (χ0v) is 20.1. The molecule has 4 aromatic rings. The van der Waals surface area contributed by atoms with Crippen molar-refractivity contribution in [2.45, 2.75) is 51.9 Å². The summed E-state index contributed by atoms with van der Waals surface area (Å²) in [6, 6.07) is 27.4. The summed E-state index contributed by atoms with van der Waals surface area (Å²) in [5.74, 6) is 2.63. The Morgan fingerprint density at radius 3 is 2.27 bits per heavy atom. The van der Waals surface area contributed by atoms with Gasteiger partial charge in [-0.25, -0.2) is 0 Å². The molecule has 2 bridgehead atoms. The van der Waals surface area contributed by atoms with Gasteiger partial charge in [-0.2, -0.15) is 4.57 Å². The fourth-order valence-electron chi connectivity index (χ4n) is 6.62. The molecule has 1 heteroatoms. The van der Waals surface area contributed by atoms with Gasteiger partial charge in [-0.1, -0.05) is 67.4 Å². The monoisotopic (exact) mass is 432 g/mol.